The highest BCUT2D eigenvalue weighted by Gasteiger charge is 2.25. The largest absolute Gasteiger partial charge is 0.477 e. The van der Waals surface area contributed by atoms with E-state index in [1.807, 2.05) is 30.7 Å². The third-order valence-electron chi connectivity index (χ3n) is 2.25. The molecule has 2 rings (SSSR count). The van der Waals surface area contributed by atoms with Crippen LogP contribution in [0.5, 0.6) is 0 Å². The fourth-order valence-electron chi connectivity index (χ4n) is 1.50. The van der Waals surface area contributed by atoms with E-state index in [1.54, 1.807) is 0 Å². The Bertz CT molecular complexity index is 499. The van der Waals surface area contributed by atoms with E-state index in [1.165, 1.54) is 11.3 Å². The molecule has 5 heteroatoms. The van der Waals surface area contributed by atoms with E-state index in [0.29, 0.717) is 11.5 Å². The molecule has 16 heavy (non-hydrogen) atoms. The van der Waals surface area contributed by atoms with Gasteiger partial charge in [-0.3, -0.25) is 0 Å². The Morgan fingerprint density at radius 3 is 2.81 bits per heavy atom. The molecular weight excluding hydrogens is 226 g/mol. The maximum absolute atomic E-state index is 11.2. The lowest BCUT2D eigenvalue weighted by molar-refractivity contribution is 0.0694. The van der Waals surface area contributed by atoms with Gasteiger partial charge in [0.1, 0.15) is 11.3 Å². The maximum Gasteiger partial charge on any atom is 0.341 e. The number of nitrogens with zero attached hydrogens (tertiary/aromatic N) is 1. The van der Waals surface area contributed by atoms with Crippen LogP contribution in [0.2, 0.25) is 0 Å². The first kappa shape index (κ1) is 10.9. The molecule has 2 heterocycles. The highest BCUT2D eigenvalue weighted by atomic mass is 32.1. The van der Waals surface area contributed by atoms with E-state index in [4.69, 9.17) is 4.52 Å². The van der Waals surface area contributed by atoms with Crippen LogP contribution in [0.3, 0.4) is 0 Å². The molecule has 0 atom stereocenters. The van der Waals surface area contributed by atoms with E-state index >= 15 is 0 Å². The Morgan fingerprint density at radius 2 is 2.31 bits per heavy atom. The van der Waals surface area contributed by atoms with E-state index in [2.05, 4.69) is 5.16 Å². The Balaban J connectivity index is 2.59. The second-order valence-electron chi connectivity index (χ2n) is 3.74. The van der Waals surface area contributed by atoms with Gasteiger partial charge in [-0.15, -0.1) is 0 Å². The summed E-state index contributed by atoms with van der Waals surface area (Å²) in [5.74, 6) is -0.564. The van der Waals surface area contributed by atoms with E-state index in [0.717, 1.165) is 5.56 Å². The lowest BCUT2D eigenvalue weighted by atomic mass is 10.0. The van der Waals surface area contributed by atoms with Crippen molar-refractivity contribution < 1.29 is 14.4 Å². The van der Waals surface area contributed by atoms with Crippen molar-refractivity contribution in [2.75, 3.05) is 0 Å². The maximum atomic E-state index is 11.2. The summed E-state index contributed by atoms with van der Waals surface area (Å²) in [6, 6.07) is 1.83. The number of hydrogen-bond acceptors (Lipinski definition) is 4. The normalized spacial score (nSPS) is 10.9. The zero-order valence-electron chi connectivity index (χ0n) is 8.93. The fraction of sp³-hybridized carbons (Fsp3) is 0.273. The van der Waals surface area contributed by atoms with Crippen molar-refractivity contribution >= 4 is 17.3 Å². The minimum atomic E-state index is -0.994. The summed E-state index contributed by atoms with van der Waals surface area (Å²) in [7, 11) is 0. The van der Waals surface area contributed by atoms with Crippen molar-refractivity contribution in [3.8, 4) is 11.3 Å². The molecule has 2 aromatic heterocycles. The number of carbonyl (C=O) groups is 1. The zero-order chi connectivity index (χ0) is 11.7. The first-order valence-electron chi connectivity index (χ1n) is 4.86. The third kappa shape index (κ3) is 1.74. The summed E-state index contributed by atoms with van der Waals surface area (Å²) >= 11 is 1.50. The summed E-state index contributed by atoms with van der Waals surface area (Å²) in [4.78, 5) is 11.2. The molecule has 84 valence electrons. The highest BCUT2D eigenvalue weighted by Crippen LogP contribution is 2.30. The van der Waals surface area contributed by atoms with Crippen LogP contribution in [0.25, 0.3) is 11.3 Å². The van der Waals surface area contributed by atoms with Crippen LogP contribution in [0.1, 0.15) is 35.9 Å². The predicted molar refractivity (Wildman–Crippen MR) is 60.9 cm³/mol. The monoisotopic (exact) mass is 237 g/mol. The van der Waals surface area contributed by atoms with Gasteiger partial charge in [0.2, 0.25) is 0 Å². The third-order valence-corrected chi connectivity index (χ3v) is 2.93. The van der Waals surface area contributed by atoms with Crippen molar-refractivity contribution in [3.63, 3.8) is 0 Å². The second kappa shape index (κ2) is 4.09. The van der Waals surface area contributed by atoms with Gasteiger partial charge >= 0.3 is 5.97 Å². The summed E-state index contributed by atoms with van der Waals surface area (Å²) in [6.45, 7) is 3.76. The number of aromatic carboxylic acids is 1. The van der Waals surface area contributed by atoms with Gasteiger partial charge in [0.15, 0.2) is 5.76 Å². The first-order chi connectivity index (χ1) is 7.61. The van der Waals surface area contributed by atoms with Crippen LogP contribution in [0.15, 0.2) is 21.3 Å². The number of thiophene rings is 1. The van der Waals surface area contributed by atoms with Gasteiger partial charge in [0.25, 0.3) is 0 Å². The minimum absolute atomic E-state index is 0.00554. The van der Waals surface area contributed by atoms with Crippen LogP contribution >= 0.6 is 11.3 Å². The summed E-state index contributed by atoms with van der Waals surface area (Å²) in [6.07, 6.45) is 0. The van der Waals surface area contributed by atoms with Crippen LogP contribution < -0.4 is 0 Å². The predicted octanol–water partition coefficient (Wildman–Crippen LogP) is 3.22. The molecule has 0 saturated carbocycles. The van der Waals surface area contributed by atoms with Gasteiger partial charge in [-0.1, -0.05) is 19.0 Å². The second-order valence-corrected chi connectivity index (χ2v) is 4.52. The molecule has 0 spiro atoms. The molecule has 0 bridgehead atoms. The average Bonchev–Trinajstić information content (AvgIpc) is 2.85. The molecule has 0 radical (unpaired) electrons. The summed E-state index contributed by atoms with van der Waals surface area (Å²) in [5, 5.41) is 16.8. The number of rotatable bonds is 3. The SMILES string of the molecule is CC(C)c1onc(-c2ccsc2)c1C(=O)O. The molecule has 0 unspecified atom stereocenters. The number of hydrogen-bond donors (Lipinski definition) is 1. The van der Waals surface area contributed by atoms with Crippen molar-refractivity contribution in [1.29, 1.82) is 0 Å². The van der Waals surface area contributed by atoms with Crippen molar-refractivity contribution in [3.05, 3.63) is 28.2 Å². The number of carboxylic acids is 1. The molecule has 0 amide bonds. The van der Waals surface area contributed by atoms with Gasteiger partial charge < -0.3 is 9.63 Å². The zero-order valence-corrected chi connectivity index (χ0v) is 9.75. The average molecular weight is 237 g/mol. The molecule has 0 aliphatic carbocycles. The molecule has 1 N–H and O–H groups in total. The van der Waals surface area contributed by atoms with Gasteiger partial charge in [0, 0.05) is 16.9 Å². The van der Waals surface area contributed by atoms with Crippen LogP contribution in [-0.2, 0) is 0 Å². The smallest absolute Gasteiger partial charge is 0.341 e. The molecule has 0 aromatic carbocycles. The molecule has 0 saturated heterocycles. The van der Waals surface area contributed by atoms with Gasteiger partial charge in [0.05, 0.1) is 0 Å². The lowest BCUT2D eigenvalue weighted by Crippen LogP contribution is -2.02. The van der Waals surface area contributed by atoms with Gasteiger partial charge in [-0.2, -0.15) is 11.3 Å². The molecule has 4 nitrogen and oxygen atoms in total. The Labute approximate surface area is 96.5 Å². The van der Waals surface area contributed by atoms with Crippen molar-refractivity contribution in [2.24, 2.45) is 0 Å². The Morgan fingerprint density at radius 1 is 1.56 bits per heavy atom. The molecule has 0 aliphatic heterocycles. The van der Waals surface area contributed by atoms with Crippen LogP contribution in [0, 0.1) is 0 Å². The summed E-state index contributed by atoms with van der Waals surface area (Å²) < 4.78 is 5.12. The Kier molecular flexibility index (Phi) is 2.78. The van der Waals surface area contributed by atoms with E-state index in [-0.39, 0.29) is 11.5 Å². The highest BCUT2D eigenvalue weighted by molar-refractivity contribution is 7.08. The van der Waals surface area contributed by atoms with Crippen LogP contribution in [0.4, 0.5) is 0 Å². The molecule has 0 fully saturated rings. The molecular formula is C11H11NO3S. The molecule has 0 aliphatic rings. The van der Waals surface area contributed by atoms with E-state index in [9.17, 15) is 9.90 Å². The van der Waals surface area contributed by atoms with Gasteiger partial charge in [-0.25, -0.2) is 4.79 Å². The van der Waals surface area contributed by atoms with Crippen LogP contribution in [-0.4, -0.2) is 16.2 Å². The number of aromatic nitrogens is 1. The van der Waals surface area contributed by atoms with Crippen molar-refractivity contribution in [1.82, 2.24) is 5.16 Å². The first-order valence-corrected chi connectivity index (χ1v) is 5.81. The minimum Gasteiger partial charge on any atom is -0.477 e. The Hall–Kier alpha value is -1.62. The quantitative estimate of drug-likeness (QED) is 0.890. The molecule has 2 aromatic rings. The fourth-order valence-corrected chi connectivity index (χ4v) is 2.14. The van der Waals surface area contributed by atoms with Crippen molar-refractivity contribution in [2.45, 2.75) is 19.8 Å². The van der Waals surface area contributed by atoms with Gasteiger partial charge in [-0.05, 0) is 11.4 Å². The lowest BCUT2D eigenvalue weighted by Gasteiger charge is -2.00. The van der Waals surface area contributed by atoms with E-state index < -0.39 is 5.97 Å². The number of carboxylic acid groups (broad SMARTS) is 1. The summed E-state index contributed by atoms with van der Waals surface area (Å²) in [5.41, 5.74) is 1.38. The topological polar surface area (TPSA) is 63.3 Å². The standard InChI is InChI=1S/C11H11NO3S/c1-6(2)10-8(11(13)14)9(12-15-10)7-3-4-16-5-7/h3-6H,1-2H3,(H,13,14).